The van der Waals surface area contributed by atoms with Crippen LogP contribution in [0.15, 0.2) is 35.9 Å². The predicted octanol–water partition coefficient (Wildman–Crippen LogP) is 2.92. The zero-order valence-corrected chi connectivity index (χ0v) is 11.3. The van der Waals surface area contributed by atoms with E-state index in [0.717, 1.165) is 11.1 Å². The molecule has 19 heavy (non-hydrogen) atoms. The van der Waals surface area contributed by atoms with Crippen molar-refractivity contribution in [1.82, 2.24) is 4.90 Å². The number of imide groups is 1. The molecule has 0 aromatic heterocycles. The maximum atomic E-state index is 12.4. The van der Waals surface area contributed by atoms with Crippen LogP contribution in [0, 0.1) is 6.92 Å². The number of nitrogens with zero attached hydrogens (tertiary/aromatic N) is 1. The van der Waals surface area contributed by atoms with Gasteiger partial charge in [0.15, 0.2) is 0 Å². The van der Waals surface area contributed by atoms with Gasteiger partial charge in [-0.25, -0.2) is 9.69 Å². The molecule has 1 aliphatic heterocycles. The molecule has 1 aromatic rings. The third kappa shape index (κ3) is 2.52. The molecule has 1 fully saturated rings. The van der Waals surface area contributed by atoms with Crippen molar-refractivity contribution in [2.45, 2.75) is 26.8 Å². The summed E-state index contributed by atoms with van der Waals surface area (Å²) in [6.45, 7) is 5.91. The molecule has 1 saturated heterocycles. The standard InChI is InChI=1S/C15H17NO3/c1-4-11(3)13-9-19-15(18)16(13)14(17)12-7-5-6-10(2)8-12/h4-8,13H,9H2,1-3H3/b11-4+. The molecule has 4 heteroatoms. The van der Waals surface area contributed by atoms with Crippen LogP contribution in [-0.4, -0.2) is 29.5 Å². The predicted molar refractivity (Wildman–Crippen MR) is 71.9 cm³/mol. The third-order valence-electron chi connectivity index (χ3n) is 3.34. The first-order chi connectivity index (χ1) is 9.04. The molecular weight excluding hydrogens is 242 g/mol. The lowest BCUT2D eigenvalue weighted by atomic mass is 10.1. The van der Waals surface area contributed by atoms with Crippen LogP contribution < -0.4 is 0 Å². The fourth-order valence-electron chi connectivity index (χ4n) is 2.09. The second-order valence-corrected chi connectivity index (χ2v) is 4.67. The fraction of sp³-hybridized carbons (Fsp3) is 0.333. The largest absolute Gasteiger partial charge is 0.447 e. The molecule has 1 aromatic carbocycles. The summed E-state index contributed by atoms with van der Waals surface area (Å²) in [5, 5.41) is 0. The molecular formula is C15H17NO3. The lowest BCUT2D eigenvalue weighted by molar-refractivity contribution is 0.0786. The molecule has 1 atom stereocenters. The number of rotatable bonds is 2. The molecule has 2 amide bonds. The van der Waals surface area contributed by atoms with Crippen molar-refractivity contribution >= 4 is 12.0 Å². The van der Waals surface area contributed by atoms with Gasteiger partial charge in [0.25, 0.3) is 5.91 Å². The Morgan fingerprint density at radius 2 is 2.21 bits per heavy atom. The van der Waals surface area contributed by atoms with Gasteiger partial charge < -0.3 is 4.74 Å². The number of hydrogen-bond donors (Lipinski definition) is 0. The number of amides is 2. The SMILES string of the molecule is C/C=C(\C)C1COC(=O)N1C(=O)c1cccc(C)c1. The van der Waals surface area contributed by atoms with E-state index >= 15 is 0 Å². The van der Waals surface area contributed by atoms with E-state index in [-0.39, 0.29) is 18.6 Å². The van der Waals surface area contributed by atoms with Crippen LogP contribution in [0.1, 0.15) is 29.8 Å². The zero-order valence-electron chi connectivity index (χ0n) is 11.3. The van der Waals surface area contributed by atoms with E-state index in [1.165, 1.54) is 4.90 Å². The quantitative estimate of drug-likeness (QED) is 0.767. The molecule has 4 nitrogen and oxygen atoms in total. The number of carbonyl (C=O) groups excluding carboxylic acids is 2. The summed E-state index contributed by atoms with van der Waals surface area (Å²) >= 11 is 0. The van der Waals surface area contributed by atoms with Gasteiger partial charge in [-0.1, -0.05) is 29.3 Å². The Bertz CT molecular complexity index is 548. The highest BCUT2D eigenvalue weighted by molar-refractivity contribution is 6.04. The first-order valence-electron chi connectivity index (χ1n) is 6.24. The topological polar surface area (TPSA) is 46.6 Å². The molecule has 0 spiro atoms. The summed E-state index contributed by atoms with van der Waals surface area (Å²) < 4.78 is 5.00. The smallest absolute Gasteiger partial charge is 0.417 e. The van der Waals surface area contributed by atoms with Crippen LogP contribution >= 0.6 is 0 Å². The minimum Gasteiger partial charge on any atom is -0.447 e. The van der Waals surface area contributed by atoms with Crippen molar-refractivity contribution in [2.24, 2.45) is 0 Å². The molecule has 0 saturated carbocycles. The molecule has 1 unspecified atom stereocenters. The van der Waals surface area contributed by atoms with E-state index in [2.05, 4.69) is 0 Å². The third-order valence-corrected chi connectivity index (χ3v) is 3.34. The summed E-state index contributed by atoms with van der Waals surface area (Å²) in [6.07, 6.45) is 1.32. The van der Waals surface area contributed by atoms with Gasteiger partial charge in [-0.15, -0.1) is 0 Å². The van der Waals surface area contributed by atoms with Gasteiger partial charge >= 0.3 is 6.09 Å². The Hall–Kier alpha value is -2.10. The molecule has 2 rings (SSSR count). The van der Waals surface area contributed by atoms with Crippen LogP contribution in [-0.2, 0) is 4.74 Å². The number of ether oxygens (including phenoxy) is 1. The summed E-state index contributed by atoms with van der Waals surface area (Å²) in [5.74, 6) is -0.308. The summed E-state index contributed by atoms with van der Waals surface area (Å²) in [6, 6.07) is 6.90. The Morgan fingerprint density at radius 3 is 2.84 bits per heavy atom. The highest BCUT2D eigenvalue weighted by Crippen LogP contribution is 2.22. The van der Waals surface area contributed by atoms with E-state index in [9.17, 15) is 9.59 Å². The number of benzene rings is 1. The van der Waals surface area contributed by atoms with Crippen molar-refractivity contribution in [3.05, 3.63) is 47.0 Å². The van der Waals surface area contributed by atoms with Gasteiger partial charge in [-0.3, -0.25) is 4.79 Å². The normalized spacial score (nSPS) is 19.5. The zero-order chi connectivity index (χ0) is 14.0. The Balaban J connectivity index is 2.33. The molecule has 0 radical (unpaired) electrons. The number of carbonyl (C=O) groups is 2. The Kier molecular flexibility index (Phi) is 3.69. The van der Waals surface area contributed by atoms with Gasteiger partial charge in [0.1, 0.15) is 6.61 Å². The van der Waals surface area contributed by atoms with Crippen molar-refractivity contribution in [3.63, 3.8) is 0 Å². The molecule has 0 aliphatic carbocycles. The van der Waals surface area contributed by atoms with Crippen molar-refractivity contribution in [2.75, 3.05) is 6.61 Å². The van der Waals surface area contributed by atoms with Crippen LogP contribution in [0.2, 0.25) is 0 Å². The second kappa shape index (κ2) is 5.26. The van der Waals surface area contributed by atoms with Gasteiger partial charge in [-0.05, 0) is 32.9 Å². The number of hydrogen-bond acceptors (Lipinski definition) is 3. The van der Waals surface area contributed by atoms with Gasteiger partial charge in [0, 0.05) is 5.56 Å². The maximum absolute atomic E-state index is 12.4. The first-order valence-corrected chi connectivity index (χ1v) is 6.24. The lowest BCUT2D eigenvalue weighted by Crippen LogP contribution is -2.39. The van der Waals surface area contributed by atoms with Crippen molar-refractivity contribution in [1.29, 1.82) is 0 Å². The first kappa shape index (κ1) is 13.3. The number of allylic oxidation sites excluding steroid dienone is 1. The minimum atomic E-state index is -0.572. The van der Waals surface area contributed by atoms with Crippen LogP contribution in [0.5, 0.6) is 0 Å². The molecule has 1 heterocycles. The van der Waals surface area contributed by atoms with E-state index in [0.29, 0.717) is 5.56 Å². The van der Waals surface area contributed by atoms with Gasteiger partial charge in [0.2, 0.25) is 0 Å². The van der Waals surface area contributed by atoms with Crippen LogP contribution in [0.3, 0.4) is 0 Å². The maximum Gasteiger partial charge on any atom is 0.417 e. The molecule has 1 aliphatic rings. The fourth-order valence-corrected chi connectivity index (χ4v) is 2.09. The average Bonchev–Trinajstić information content (AvgIpc) is 2.79. The Labute approximate surface area is 112 Å². The van der Waals surface area contributed by atoms with Crippen LogP contribution in [0.4, 0.5) is 4.79 Å². The summed E-state index contributed by atoms with van der Waals surface area (Å²) in [5.41, 5.74) is 2.44. The summed E-state index contributed by atoms with van der Waals surface area (Å²) in [7, 11) is 0. The lowest BCUT2D eigenvalue weighted by Gasteiger charge is -2.20. The van der Waals surface area contributed by atoms with Crippen LogP contribution in [0.25, 0.3) is 0 Å². The van der Waals surface area contributed by atoms with E-state index in [4.69, 9.17) is 4.74 Å². The number of cyclic esters (lactones) is 1. The Morgan fingerprint density at radius 1 is 1.47 bits per heavy atom. The van der Waals surface area contributed by atoms with E-state index in [1.807, 2.05) is 39.0 Å². The summed E-state index contributed by atoms with van der Waals surface area (Å²) in [4.78, 5) is 25.4. The minimum absolute atomic E-state index is 0.229. The van der Waals surface area contributed by atoms with Crippen molar-refractivity contribution in [3.8, 4) is 0 Å². The number of aryl methyl sites for hydroxylation is 1. The molecule has 0 bridgehead atoms. The molecule has 0 N–H and O–H groups in total. The molecule has 100 valence electrons. The van der Waals surface area contributed by atoms with E-state index < -0.39 is 6.09 Å². The van der Waals surface area contributed by atoms with E-state index in [1.54, 1.807) is 12.1 Å². The second-order valence-electron chi connectivity index (χ2n) is 4.67. The van der Waals surface area contributed by atoms with Crippen molar-refractivity contribution < 1.29 is 14.3 Å². The monoisotopic (exact) mass is 259 g/mol. The average molecular weight is 259 g/mol. The van der Waals surface area contributed by atoms with Gasteiger partial charge in [0.05, 0.1) is 6.04 Å². The van der Waals surface area contributed by atoms with Gasteiger partial charge in [-0.2, -0.15) is 0 Å². The highest BCUT2D eigenvalue weighted by Gasteiger charge is 2.38. The highest BCUT2D eigenvalue weighted by atomic mass is 16.6.